The minimum absolute atomic E-state index is 0.00333. The van der Waals surface area contributed by atoms with Crippen LogP contribution in [0.1, 0.15) is 31.7 Å². The van der Waals surface area contributed by atoms with Gasteiger partial charge in [-0.15, -0.1) is 0 Å². The molecule has 0 unspecified atom stereocenters. The molecule has 6 nitrogen and oxygen atoms in total. The fourth-order valence-electron chi connectivity index (χ4n) is 1.25. The third-order valence-corrected chi connectivity index (χ3v) is 2.10. The van der Waals surface area contributed by atoms with E-state index in [4.69, 9.17) is 16.9 Å². The van der Waals surface area contributed by atoms with Crippen molar-refractivity contribution >= 4 is 17.3 Å². The summed E-state index contributed by atoms with van der Waals surface area (Å²) in [6.45, 7) is 4.25. The van der Waals surface area contributed by atoms with Gasteiger partial charge in [-0.05, 0) is 12.1 Å². The maximum Gasteiger partial charge on any atom is 0.183 e. The van der Waals surface area contributed by atoms with Crippen LogP contribution in [0.15, 0.2) is 24.5 Å². The van der Waals surface area contributed by atoms with Gasteiger partial charge in [0, 0.05) is 11.8 Å². The number of nitrogens with one attached hydrogen (secondary N) is 1. The van der Waals surface area contributed by atoms with Gasteiger partial charge in [-0.25, -0.2) is 19.3 Å². The van der Waals surface area contributed by atoms with Crippen LogP contribution in [0.4, 0.5) is 16.0 Å². The summed E-state index contributed by atoms with van der Waals surface area (Å²) in [7, 11) is 0. The number of hydrogen-bond acceptors (Lipinski definition) is 6. The topological polar surface area (TPSA) is 115 Å². The number of rotatable bonds is 2. The molecule has 0 aliphatic heterocycles. The highest BCUT2D eigenvalue weighted by Gasteiger charge is 2.13. The Labute approximate surface area is 116 Å². The highest BCUT2D eigenvalue weighted by molar-refractivity contribution is 6.11. The van der Waals surface area contributed by atoms with Crippen LogP contribution in [0.5, 0.6) is 0 Å². The van der Waals surface area contributed by atoms with E-state index in [1.54, 1.807) is 12.1 Å². The van der Waals surface area contributed by atoms with Crippen LogP contribution < -0.4 is 11.5 Å². The second-order valence-corrected chi connectivity index (χ2v) is 3.95. The highest BCUT2D eigenvalue weighted by atomic mass is 19.1. The largest absolute Gasteiger partial charge is 0.383 e. The first-order chi connectivity index (χ1) is 9.51. The van der Waals surface area contributed by atoms with E-state index in [1.165, 1.54) is 12.6 Å². The van der Waals surface area contributed by atoms with Crippen molar-refractivity contribution in [1.29, 1.82) is 5.41 Å². The molecule has 0 saturated heterocycles. The second-order valence-electron chi connectivity index (χ2n) is 3.95. The van der Waals surface area contributed by atoms with Crippen molar-refractivity contribution in [3.8, 4) is 0 Å². The van der Waals surface area contributed by atoms with Crippen LogP contribution >= 0.6 is 0 Å². The standard InChI is InChI=1S/C10H9FN6.C3H8/c11-6-4-16-10(17-9(6)14)7(12)5-2-1-3-15-8(5)13;1-3-2/h1-4,12H,(H2,13,15)(H2,14,16,17);3H2,1-2H3. The zero-order chi connectivity index (χ0) is 15.1. The Morgan fingerprint density at radius 3 is 2.45 bits per heavy atom. The van der Waals surface area contributed by atoms with E-state index in [0.717, 1.165) is 6.20 Å². The van der Waals surface area contributed by atoms with Crippen molar-refractivity contribution in [3.05, 3.63) is 41.7 Å². The summed E-state index contributed by atoms with van der Waals surface area (Å²) in [5.41, 5.74) is 11.2. The zero-order valence-electron chi connectivity index (χ0n) is 11.4. The average Bonchev–Trinajstić information content (AvgIpc) is 2.42. The number of halogens is 1. The van der Waals surface area contributed by atoms with Gasteiger partial charge in [0.05, 0.1) is 6.20 Å². The van der Waals surface area contributed by atoms with Crippen molar-refractivity contribution in [1.82, 2.24) is 15.0 Å². The molecule has 0 saturated carbocycles. The number of hydrogen-bond donors (Lipinski definition) is 3. The quantitative estimate of drug-likeness (QED) is 0.726. The van der Waals surface area contributed by atoms with Gasteiger partial charge in [0.25, 0.3) is 0 Å². The summed E-state index contributed by atoms with van der Waals surface area (Å²) < 4.78 is 12.9. The monoisotopic (exact) mass is 276 g/mol. The van der Waals surface area contributed by atoms with E-state index in [0.29, 0.717) is 5.56 Å². The molecule has 0 bridgehead atoms. The smallest absolute Gasteiger partial charge is 0.183 e. The van der Waals surface area contributed by atoms with Gasteiger partial charge in [0.2, 0.25) is 0 Å². The maximum absolute atomic E-state index is 12.9. The Hall–Kier alpha value is -2.57. The molecule has 2 rings (SSSR count). The first kappa shape index (κ1) is 15.5. The van der Waals surface area contributed by atoms with E-state index >= 15 is 0 Å². The van der Waals surface area contributed by atoms with Gasteiger partial charge in [0.1, 0.15) is 11.5 Å². The molecule has 0 aromatic carbocycles. The molecule has 2 heterocycles. The lowest BCUT2D eigenvalue weighted by Crippen LogP contribution is -2.12. The lowest BCUT2D eigenvalue weighted by atomic mass is 10.1. The first-order valence-corrected chi connectivity index (χ1v) is 6.09. The molecule has 0 aliphatic carbocycles. The molecular formula is C13H17FN6. The van der Waals surface area contributed by atoms with Crippen molar-refractivity contribution < 1.29 is 4.39 Å². The zero-order valence-corrected chi connectivity index (χ0v) is 11.4. The van der Waals surface area contributed by atoms with E-state index in [1.807, 2.05) is 0 Å². The van der Waals surface area contributed by atoms with Crippen molar-refractivity contribution in [3.63, 3.8) is 0 Å². The van der Waals surface area contributed by atoms with E-state index in [9.17, 15) is 4.39 Å². The average molecular weight is 276 g/mol. The predicted molar refractivity (Wildman–Crippen MR) is 76.9 cm³/mol. The Bertz CT molecular complexity index is 599. The van der Waals surface area contributed by atoms with E-state index < -0.39 is 5.82 Å². The molecule has 7 heteroatoms. The minimum atomic E-state index is -0.722. The molecule has 0 atom stereocenters. The summed E-state index contributed by atoms with van der Waals surface area (Å²) in [4.78, 5) is 11.2. The van der Waals surface area contributed by atoms with Crippen LogP contribution in [-0.2, 0) is 0 Å². The fourth-order valence-corrected chi connectivity index (χ4v) is 1.25. The normalized spacial score (nSPS) is 9.55. The minimum Gasteiger partial charge on any atom is -0.383 e. The molecule has 2 aromatic rings. The summed E-state index contributed by atoms with van der Waals surface area (Å²) in [6, 6.07) is 3.24. The number of aromatic nitrogens is 3. The number of nitrogens with two attached hydrogens (primary N) is 2. The van der Waals surface area contributed by atoms with Gasteiger partial charge < -0.3 is 11.5 Å². The lowest BCUT2D eigenvalue weighted by Gasteiger charge is -2.05. The van der Waals surface area contributed by atoms with Crippen LogP contribution in [0.2, 0.25) is 0 Å². The molecular weight excluding hydrogens is 259 g/mol. The number of anilines is 2. The molecule has 0 fully saturated rings. The number of nitrogens with zero attached hydrogens (tertiary/aromatic N) is 3. The third kappa shape index (κ3) is 3.71. The van der Waals surface area contributed by atoms with Gasteiger partial charge in [-0.3, -0.25) is 5.41 Å². The predicted octanol–water partition coefficient (Wildman–Crippen LogP) is 2.01. The Morgan fingerprint density at radius 1 is 1.25 bits per heavy atom. The van der Waals surface area contributed by atoms with Crippen LogP contribution in [-0.4, -0.2) is 20.7 Å². The first-order valence-electron chi connectivity index (χ1n) is 6.09. The molecule has 0 radical (unpaired) electrons. The van der Waals surface area contributed by atoms with Crippen LogP contribution in [0.3, 0.4) is 0 Å². The fraction of sp³-hybridized carbons (Fsp3) is 0.231. The Balaban J connectivity index is 0.000000612. The van der Waals surface area contributed by atoms with Gasteiger partial charge in [-0.1, -0.05) is 20.3 Å². The molecule has 0 spiro atoms. The Morgan fingerprint density at radius 2 is 1.90 bits per heavy atom. The van der Waals surface area contributed by atoms with Crippen molar-refractivity contribution in [2.75, 3.05) is 11.5 Å². The van der Waals surface area contributed by atoms with Gasteiger partial charge in [-0.2, -0.15) is 0 Å². The van der Waals surface area contributed by atoms with Crippen LogP contribution in [0, 0.1) is 11.2 Å². The van der Waals surface area contributed by atoms with Crippen molar-refractivity contribution in [2.45, 2.75) is 20.3 Å². The summed E-state index contributed by atoms with van der Waals surface area (Å²) in [5.74, 6) is -0.837. The lowest BCUT2D eigenvalue weighted by molar-refractivity contribution is 0.619. The second kappa shape index (κ2) is 7.13. The summed E-state index contributed by atoms with van der Waals surface area (Å²) in [6.07, 6.45) is 3.67. The Kier molecular flexibility index (Phi) is 5.52. The summed E-state index contributed by atoms with van der Waals surface area (Å²) in [5, 5.41) is 7.86. The third-order valence-electron chi connectivity index (χ3n) is 2.10. The van der Waals surface area contributed by atoms with Crippen molar-refractivity contribution in [2.24, 2.45) is 0 Å². The maximum atomic E-state index is 12.9. The van der Waals surface area contributed by atoms with E-state index in [-0.39, 0.29) is 23.2 Å². The molecule has 0 amide bonds. The van der Waals surface area contributed by atoms with Gasteiger partial charge in [0.15, 0.2) is 17.5 Å². The van der Waals surface area contributed by atoms with E-state index in [2.05, 4.69) is 28.8 Å². The summed E-state index contributed by atoms with van der Waals surface area (Å²) >= 11 is 0. The molecule has 2 aromatic heterocycles. The number of pyridine rings is 1. The highest BCUT2D eigenvalue weighted by Crippen LogP contribution is 2.13. The number of nitrogen functional groups attached to an aromatic ring is 2. The van der Waals surface area contributed by atoms with Crippen LogP contribution in [0.25, 0.3) is 0 Å². The molecule has 106 valence electrons. The van der Waals surface area contributed by atoms with Gasteiger partial charge >= 0.3 is 0 Å². The molecule has 20 heavy (non-hydrogen) atoms. The molecule has 0 aliphatic rings. The molecule has 5 N–H and O–H groups in total. The SMILES string of the molecule is CCC.N=C(c1ncc(F)c(N)n1)c1cccnc1N.